The molecule has 1 heterocycles. The van der Waals surface area contributed by atoms with Crippen molar-refractivity contribution in [2.24, 2.45) is 5.92 Å². The molecule has 0 fully saturated rings. The highest BCUT2D eigenvalue weighted by molar-refractivity contribution is 5.83. The number of esters is 1. The maximum Gasteiger partial charge on any atom is 0.334 e. The molecule has 1 aromatic carbocycles. The van der Waals surface area contributed by atoms with E-state index in [0.717, 1.165) is 19.3 Å². The highest BCUT2D eigenvalue weighted by atomic mass is 16.5. The van der Waals surface area contributed by atoms with E-state index in [9.17, 15) is 9.90 Å². The number of hydrogen-bond acceptors (Lipinski definition) is 3. The summed E-state index contributed by atoms with van der Waals surface area (Å²) in [6.07, 6.45) is 4.30. The number of aryl methyl sites for hydroxylation is 1. The molecule has 0 saturated heterocycles. The molecule has 102 valence electrons. The van der Waals surface area contributed by atoms with Crippen molar-refractivity contribution in [1.82, 2.24) is 0 Å². The number of ether oxygens (including phenoxy) is 1. The number of cyclic esters (lactones) is 1. The van der Waals surface area contributed by atoms with Gasteiger partial charge in [0, 0.05) is 6.42 Å². The minimum Gasteiger partial charge on any atom is -0.512 e. The van der Waals surface area contributed by atoms with E-state index in [-0.39, 0.29) is 11.9 Å². The summed E-state index contributed by atoms with van der Waals surface area (Å²) >= 11 is 0. The second-order valence-corrected chi connectivity index (χ2v) is 5.01. The van der Waals surface area contributed by atoms with E-state index in [1.165, 1.54) is 11.6 Å². The Hall–Kier alpha value is -1.77. The van der Waals surface area contributed by atoms with Crippen LogP contribution >= 0.6 is 0 Å². The first-order chi connectivity index (χ1) is 9.19. The Balaban J connectivity index is 1.93. The smallest absolute Gasteiger partial charge is 0.334 e. The van der Waals surface area contributed by atoms with Gasteiger partial charge in [0.25, 0.3) is 0 Å². The Kier molecular flexibility index (Phi) is 4.61. The molecule has 0 radical (unpaired) electrons. The van der Waals surface area contributed by atoms with Crippen LogP contribution in [0, 0.1) is 5.92 Å². The zero-order valence-corrected chi connectivity index (χ0v) is 11.2. The van der Waals surface area contributed by atoms with Crippen LogP contribution in [0.5, 0.6) is 0 Å². The van der Waals surface area contributed by atoms with Gasteiger partial charge in [-0.15, -0.1) is 0 Å². The minimum absolute atomic E-state index is 0.138. The van der Waals surface area contributed by atoms with Crippen molar-refractivity contribution in [2.45, 2.75) is 38.7 Å². The van der Waals surface area contributed by atoms with Crippen molar-refractivity contribution in [3.8, 4) is 0 Å². The Morgan fingerprint density at radius 2 is 2.11 bits per heavy atom. The first kappa shape index (κ1) is 13.7. The molecule has 0 spiro atoms. The lowest BCUT2D eigenvalue weighted by atomic mass is 9.89. The van der Waals surface area contributed by atoms with Crippen molar-refractivity contribution in [3.05, 3.63) is 47.7 Å². The molecular formula is C16H20O3. The fraction of sp³-hybridized carbons (Fsp3) is 0.438. The fourth-order valence-electron chi connectivity index (χ4n) is 2.54. The molecular weight excluding hydrogens is 240 g/mol. The Bertz CT molecular complexity index is 450. The summed E-state index contributed by atoms with van der Waals surface area (Å²) in [7, 11) is 0. The molecule has 1 aliphatic rings. The topological polar surface area (TPSA) is 46.5 Å². The standard InChI is InChI=1S/C16H20O3/c1-2-13(9-8-12-6-4-3-5-7-12)15-10-14(17)11-16(18)19-15/h3-7,11,13,15,17H,2,8-10H2,1H3/t13?,15-/m1/s1. The first-order valence-electron chi connectivity index (χ1n) is 6.83. The lowest BCUT2D eigenvalue weighted by molar-refractivity contribution is -0.148. The average Bonchev–Trinajstić information content (AvgIpc) is 2.39. The third-order valence-electron chi connectivity index (χ3n) is 3.66. The van der Waals surface area contributed by atoms with Crippen LogP contribution in [-0.2, 0) is 16.0 Å². The van der Waals surface area contributed by atoms with Gasteiger partial charge in [-0.1, -0.05) is 37.3 Å². The van der Waals surface area contributed by atoms with E-state index < -0.39 is 5.97 Å². The highest BCUT2D eigenvalue weighted by Gasteiger charge is 2.28. The molecule has 3 nitrogen and oxygen atoms in total. The summed E-state index contributed by atoms with van der Waals surface area (Å²) in [6, 6.07) is 10.3. The van der Waals surface area contributed by atoms with E-state index in [1.807, 2.05) is 18.2 Å². The molecule has 2 rings (SSSR count). The molecule has 3 heteroatoms. The normalized spacial score (nSPS) is 20.6. The molecule has 0 aromatic heterocycles. The van der Waals surface area contributed by atoms with Gasteiger partial charge in [0.15, 0.2) is 0 Å². The molecule has 0 saturated carbocycles. The van der Waals surface area contributed by atoms with Crippen LogP contribution in [0.15, 0.2) is 42.2 Å². The second-order valence-electron chi connectivity index (χ2n) is 5.01. The van der Waals surface area contributed by atoms with Crippen LogP contribution in [0.3, 0.4) is 0 Å². The maximum atomic E-state index is 11.3. The third-order valence-corrected chi connectivity index (χ3v) is 3.66. The van der Waals surface area contributed by atoms with E-state index in [2.05, 4.69) is 19.1 Å². The quantitative estimate of drug-likeness (QED) is 0.825. The summed E-state index contributed by atoms with van der Waals surface area (Å²) in [5, 5.41) is 9.54. The number of hydrogen-bond donors (Lipinski definition) is 1. The Morgan fingerprint density at radius 1 is 1.37 bits per heavy atom. The van der Waals surface area contributed by atoms with Crippen molar-refractivity contribution in [3.63, 3.8) is 0 Å². The first-order valence-corrected chi connectivity index (χ1v) is 6.83. The zero-order valence-electron chi connectivity index (χ0n) is 11.2. The number of aliphatic hydroxyl groups excluding tert-OH is 1. The summed E-state index contributed by atoms with van der Waals surface area (Å²) < 4.78 is 5.32. The monoisotopic (exact) mass is 260 g/mol. The van der Waals surface area contributed by atoms with Gasteiger partial charge in [0.1, 0.15) is 11.9 Å². The average molecular weight is 260 g/mol. The predicted molar refractivity (Wildman–Crippen MR) is 73.8 cm³/mol. The third kappa shape index (κ3) is 3.85. The van der Waals surface area contributed by atoms with Crippen LogP contribution in [0.1, 0.15) is 31.7 Å². The molecule has 1 N–H and O–H groups in total. The van der Waals surface area contributed by atoms with Crippen molar-refractivity contribution in [1.29, 1.82) is 0 Å². The number of benzene rings is 1. The summed E-state index contributed by atoms with van der Waals surface area (Å²) in [5.41, 5.74) is 1.29. The molecule has 0 amide bonds. The van der Waals surface area contributed by atoms with Crippen LogP contribution in [0.4, 0.5) is 0 Å². The molecule has 19 heavy (non-hydrogen) atoms. The summed E-state index contributed by atoms with van der Waals surface area (Å²) in [6.45, 7) is 2.10. The van der Waals surface area contributed by atoms with Crippen molar-refractivity contribution < 1.29 is 14.6 Å². The summed E-state index contributed by atoms with van der Waals surface area (Å²) in [4.78, 5) is 11.3. The van der Waals surface area contributed by atoms with Gasteiger partial charge in [-0.2, -0.15) is 0 Å². The largest absolute Gasteiger partial charge is 0.512 e. The number of rotatable bonds is 5. The molecule has 1 aromatic rings. The molecule has 1 unspecified atom stereocenters. The Morgan fingerprint density at radius 3 is 2.74 bits per heavy atom. The highest BCUT2D eigenvalue weighted by Crippen LogP contribution is 2.26. The van der Waals surface area contributed by atoms with E-state index in [0.29, 0.717) is 12.3 Å². The van der Waals surface area contributed by atoms with Crippen LogP contribution in [0.2, 0.25) is 0 Å². The van der Waals surface area contributed by atoms with Crippen LogP contribution in [-0.4, -0.2) is 17.2 Å². The maximum absolute atomic E-state index is 11.3. The van der Waals surface area contributed by atoms with E-state index in [1.54, 1.807) is 0 Å². The van der Waals surface area contributed by atoms with Crippen molar-refractivity contribution >= 4 is 5.97 Å². The molecule has 1 aliphatic heterocycles. The Labute approximate surface area is 113 Å². The lowest BCUT2D eigenvalue weighted by Gasteiger charge is -2.28. The van der Waals surface area contributed by atoms with Gasteiger partial charge in [0.2, 0.25) is 0 Å². The van der Waals surface area contributed by atoms with E-state index in [4.69, 9.17) is 4.74 Å². The van der Waals surface area contributed by atoms with Gasteiger partial charge >= 0.3 is 5.97 Å². The second kappa shape index (κ2) is 6.41. The number of aliphatic hydroxyl groups is 1. The molecule has 2 atom stereocenters. The number of carbonyl (C=O) groups is 1. The van der Waals surface area contributed by atoms with Gasteiger partial charge in [-0.25, -0.2) is 4.79 Å². The summed E-state index contributed by atoms with van der Waals surface area (Å²) in [5.74, 6) is 0.00586. The number of carbonyl (C=O) groups excluding carboxylic acids is 1. The van der Waals surface area contributed by atoms with Crippen LogP contribution < -0.4 is 0 Å². The minimum atomic E-state index is -0.424. The molecule has 0 aliphatic carbocycles. The lowest BCUT2D eigenvalue weighted by Crippen LogP contribution is -2.30. The van der Waals surface area contributed by atoms with Crippen LogP contribution in [0.25, 0.3) is 0 Å². The SMILES string of the molecule is CCC(CCc1ccccc1)[C@H]1CC(O)=CC(=O)O1. The van der Waals surface area contributed by atoms with Gasteiger partial charge in [-0.05, 0) is 30.7 Å². The van der Waals surface area contributed by atoms with Gasteiger partial charge < -0.3 is 9.84 Å². The van der Waals surface area contributed by atoms with Gasteiger partial charge in [-0.3, -0.25) is 0 Å². The van der Waals surface area contributed by atoms with E-state index >= 15 is 0 Å². The zero-order chi connectivity index (χ0) is 13.7. The molecule has 0 bridgehead atoms. The van der Waals surface area contributed by atoms with Gasteiger partial charge in [0.05, 0.1) is 6.08 Å². The fourth-order valence-corrected chi connectivity index (χ4v) is 2.54. The van der Waals surface area contributed by atoms with Crippen molar-refractivity contribution in [2.75, 3.05) is 0 Å². The predicted octanol–water partition coefficient (Wildman–Crippen LogP) is 3.40.